The zero-order chi connectivity index (χ0) is 25.9. The molecule has 0 aliphatic carbocycles. The Labute approximate surface area is 201 Å². The summed E-state index contributed by atoms with van der Waals surface area (Å²) in [5.41, 5.74) is 1.51. The molecule has 1 heterocycles. The Morgan fingerprint density at radius 1 is 1.14 bits per heavy atom. The first-order valence-corrected chi connectivity index (χ1v) is 12.6. The summed E-state index contributed by atoms with van der Waals surface area (Å²) in [6.07, 6.45) is 0.616. The number of aliphatic hydroxyl groups is 1. The fraction of sp³-hybridized carbons (Fsp3) is 0.292. The summed E-state index contributed by atoms with van der Waals surface area (Å²) in [5, 5.41) is 12.7. The van der Waals surface area contributed by atoms with Crippen LogP contribution in [-0.4, -0.2) is 43.0 Å². The number of sulfone groups is 1. The third-order valence-electron chi connectivity index (χ3n) is 5.18. The predicted octanol–water partition coefficient (Wildman–Crippen LogP) is 4.36. The number of benzene rings is 2. The van der Waals surface area contributed by atoms with Crippen LogP contribution in [0.4, 0.5) is 18.9 Å². The van der Waals surface area contributed by atoms with E-state index < -0.39 is 40.0 Å². The molecular weight excluding hydrogens is 485 g/mol. The van der Waals surface area contributed by atoms with Crippen LogP contribution >= 0.6 is 0 Å². The number of rotatable bonds is 9. The van der Waals surface area contributed by atoms with Crippen LogP contribution in [-0.2, 0) is 22.7 Å². The van der Waals surface area contributed by atoms with Gasteiger partial charge in [0.15, 0.2) is 15.6 Å². The number of amides is 1. The van der Waals surface area contributed by atoms with Crippen LogP contribution in [0.5, 0.6) is 5.75 Å². The van der Waals surface area contributed by atoms with Crippen molar-refractivity contribution in [2.24, 2.45) is 0 Å². The first kappa shape index (κ1) is 26.3. The molecule has 0 saturated carbocycles. The van der Waals surface area contributed by atoms with Crippen LogP contribution in [0.1, 0.15) is 35.6 Å². The van der Waals surface area contributed by atoms with Crippen molar-refractivity contribution in [3.63, 3.8) is 0 Å². The van der Waals surface area contributed by atoms with Crippen LogP contribution in [0.2, 0.25) is 0 Å². The fourth-order valence-electron chi connectivity index (χ4n) is 3.75. The average molecular weight is 511 g/mol. The molecule has 0 saturated heterocycles. The number of aliphatic hydroxyl groups excluding tert-OH is 1. The van der Waals surface area contributed by atoms with Crippen molar-refractivity contribution in [3.8, 4) is 11.4 Å². The van der Waals surface area contributed by atoms with Crippen LogP contribution < -0.4 is 10.1 Å². The number of anilines is 1. The number of carbonyl (C=O) groups excluding carboxylic acids is 1. The van der Waals surface area contributed by atoms with Gasteiger partial charge in [-0.15, -0.1) is 0 Å². The van der Waals surface area contributed by atoms with Crippen molar-refractivity contribution in [3.05, 3.63) is 71.3 Å². The number of ether oxygens (including phenoxy) is 1. The van der Waals surface area contributed by atoms with Gasteiger partial charge in [0.25, 0.3) is 5.91 Å². The van der Waals surface area contributed by atoms with Gasteiger partial charge in [0.2, 0.25) is 0 Å². The molecule has 0 spiro atoms. The monoisotopic (exact) mass is 510 g/mol. The highest BCUT2D eigenvalue weighted by Gasteiger charge is 2.24. The molecule has 0 fully saturated rings. The maximum Gasteiger partial charge on any atom is 0.387 e. The lowest BCUT2D eigenvalue weighted by atomic mass is 10.1. The first-order chi connectivity index (χ1) is 16.4. The van der Waals surface area contributed by atoms with E-state index in [1.807, 2.05) is 0 Å². The number of halogens is 3. The number of carbonyl (C=O) groups is 1. The van der Waals surface area contributed by atoms with Gasteiger partial charge in [-0.1, -0.05) is 6.92 Å². The molecule has 35 heavy (non-hydrogen) atoms. The number of hydrogen-bond donors (Lipinski definition) is 2. The average Bonchev–Trinajstić information content (AvgIpc) is 3.10. The van der Waals surface area contributed by atoms with Crippen LogP contribution in [0.15, 0.2) is 53.4 Å². The van der Waals surface area contributed by atoms with E-state index in [1.165, 1.54) is 47.9 Å². The smallest absolute Gasteiger partial charge is 0.387 e. The fourth-order valence-corrected chi connectivity index (χ4v) is 4.38. The van der Waals surface area contributed by atoms with E-state index in [9.17, 15) is 31.5 Å². The summed E-state index contributed by atoms with van der Waals surface area (Å²) in [5.74, 6) is -1.72. The Morgan fingerprint density at radius 3 is 2.34 bits per heavy atom. The zero-order valence-corrected chi connectivity index (χ0v) is 20.1. The minimum Gasteiger partial charge on any atom is -0.432 e. The number of nitrogens with one attached hydrogen (secondary N) is 1. The summed E-state index contributed by atoms with van der Waals surface area (Å²) in [4.78, 5) is 13.3. The lowest BCUT2D eigenvalue weighted by Crippen LogP contribution is -2.15. The summed E-state index contributed by atoms with van der Waals surface area (Å²) in [6.45, 7) is 0.0918. The predicted molar refractivity (Wildman–Crippen MR) is 125 cm³/mol. The second-order valence-electron chi connectivity index (χ2n) is 7.98. The molecule has 7 nitrogen and oxygen atoms in total. The Morgan fingerprint density at radius 2 is 1.80 bits per heavy atom. The van der Waals surface area contributed by atoms with Crippen molar-refractivity contribution >= 4 is 21.4 Å². The maximum atomic E-state index is 13.8. The summed E-state index contributed by atoms with van der Waals surface area (Å²) in [7, 11) is -3.40. The second kappa shape index (κ2) is 10.5. The third kappa shape index (κ3) is 6.23. The van der Waals surface area contributed by atoms with Crippen molar-refractivity contribution < 1.29 is 36.2 Å². The van der Waals surface area contributed by atoms with Crippen molar-refractivity contribution in [2.75, 3.05) is 11.6 Å². The molecule has 1 unspecified atom stereocenters. The third-order valence-corrected chi connectivity index (χ3v) is 6.31. The van der Waals surface area contributed by atoms with Crippen molar-refractivity contribution in [1.82, 2.24) is 4.57 Å². The molecule has 3 aromatic rings. The number of alkyl halides is 2. The molecule has 2 N–H and O–H groups in total. The molecule has 11 heteroatoms. The van der Waals surface area contributed by atoms with E-state index in [-0.39, 0.29) is 22.6 Å². The van der Waals surface area contributed by atoms with E-state index in [2.05, 4.69) is 10.1 Å². The number of hydrogen-bond acceptors (Lipinski definition) is 5. The molecule has 0 radical (unpaired) electrons. The Balaban J connectivity index is 2.08. The van der Waals surface area contributed by atoms with Gasteiger partial charge in [0, 0.05) is 35.8 Å². The Kier molecular flexibility index (Phi) is 7.91. The van der Waals surface area contributed by atoms with E-state index in [1.54, 1.807) is 6.92 Å². The van der Waals surface area contributed by atoms with Crippen LogP contribution in [0.25, 0.3) is 5.69 Å². The van der Waals surface area contributed by atoms with Gasteiger partial charge >= 0.3 is 6.61 Å². The van der Waals surface area contributed by atoms with E-state index in [4.69, 9.17) is 0 Å². The topological polar surface area (TPSA) is 97.6 Å². The summed E-state index contributed by atoms with van der Waals surface area (Å²) >= 11 is 0. The van der Waals surface area contributed by atoms with Gasteiger partial charge in [0.1, 0.15) is 5.82 Å². The largest absolute Gasteiger partial charge is 0.432 e. The first-order valence-electron chi connectivity index (χ1n) is 10.7. The molecule has 188 valence electrons. The van der Waals surface area contributed by atoms with Gasteiger partial charge < -0.3 is 19.7 Å². The normalized spacial score (nSPS) is 12.6. The van der Waals surface area contributed by atoms with Gasteiger partial charge in [-0.05, 0) is 55.8 Å². The quantitative estimate of drug-likeness (QED) is 0.446. The van der Waals surface area contributed by atoms with Crippen molar-refractivity contribution in [2.45, 2.75) is 44.3 Å². The number of aromatic nitrogens is 1. The maximum absolute atomic E-state index is 13.8. The van der Waals surface area contributed by atoms with Gasteiger partial charge in [-0.3, -0.25) is 4.79 Å². The molecule has 0 aliphatic heterocycles. The zero-order valence-electron chi connectivity index (χ0n) is 19.3. The second-order valence-corrected chi connectivity index (χ2v) is 10.00. The SMILES string of the molecule is CCc1c(C(=O)Nc2ccc(S(C)(=O)=O)cc2)cc(CC(C)O)n1-c1ccc(F)cc1OC(F)F. The Bertz CT molecular complexity index is 1320. The number of nitrogens with zero attached hydrogens (tertiary/aromatic N) is 1. The van der Waals surface area contributed by atoms with Crippen LogP contribution in [0, 0.1) is 5.82 Å². The molecule has 1 aromatic heterocycles. The highest BCUT2D eigenvalue weighted by Crippen LogP contribution is 2.32. The molecule has 1 amide bonds. The lowest BCUT2D eigenvalue weighted by molar-refractivity contribution is -0.0500. The van der Waals surface area contributed by atoms with Gasteiger partial charge in [-0.2, -0.15) is 8.78 Å². The standard InChI is InChI=1S/C24H25F3N2O5S/c1-4-20-19(23(31)28-16-6-8-18(9-7-16)35(3,32)33)13-17(11-14(2)30)29(20)21-10-5-15(25)12-22(21)34-24(26)27/h5-10,12-14,24,30H,4,11H2,1-3H3,(H,28,31). The van der Waals surface area contributed by atoms with Gasteiger partial charge in [0.05, 0.1) is 22.3 Å². The molecular formula is C24H25F3N2O5S. The summed E-state index contributed by atoms with van der Waals surface area (Å²) in [6, 6.07) is 10.3. The lowest BCUT2D eigenvalue weighted by Gasteiger charge is -2.18. The molecule has 1 atom stereocenters. The van der Waals surface area contributed by atoms with E-state index in [0.717, 1.165) is 18.4 Å². The Hall–Kier alpha value is -3.31. The minimum atomic E-state index is -3.40. The molecule has 2 aromatic carbocycles. The molecule has 0 bridgehead atoms. The van der Waals surface area contributed by atoms with E-state index >= 15 is 0 Å². The highest BCUT2D eigenvalue weighted by atomic mass is 32.2. The molecule has 3 rings (SSSR count). The van der Waals surface area contributed by atoms with Crippen LogP contribution in [0.3, 0.4) is 0 Å². The minimum absolute atomic E-state index is 0.0782. The van der Waals surface area contributed by atoms with E-state index in [0.29, 0.717) is 23.5 Å². The van der Waals surface area contributed by atoms with Gasteiger partial charge in [-0.25, -0.2) is 12.8 Å². The highest BCUT2D eigenvalue weighted by molar-refractivity contribution is 7.90. The van der Waals surface area contributed by atoms with Crippen molar-refractivity contribution in [1.29, 1.82) is 0 Å². The molecule has 0 aliphatic rings. The summed E-state index contributed by atoms with van der Waals surface area (Å²) < 4.78 is 69.2.